The van der Waals surface area contributed by atoms with Crippen LogP contribution in [-0.2, 0) is 4.74 Å². The van der Waals surface area contributed by atoms with Crippen molar-refractivity contribution < 1.29 is 14.3 Å². The fraction of sp³-hybridized carbons (Fsp3) is 0.172. The molecule has 1 fully saturated rings. The summed E-state index contributed by atoms with van der Waals surface area (Å²) < 4.78 is 14.6. The van der Waals surface area contributed by atoms with Crippen LogP contribution >= 0.6 is 0 Å². The van der Waals surface area contributed by atoms with E-state index in [-0.39, 0.29) is 5.91 Å². The van der Waals surface area contributed by atoms with Crippen molar-refractivity contribution in [2.45, 2.75) is 0 Å². The molecule has 11 heteroatoms. The highest BCUT2D eigenvalue weighted by atomic mass is 16.5. The van der Waals surface area contributed by atoms with Crippen LogP contribution in [0.25, 0.3) is 11.4 Å². The van der Waals surface area contributed by atoms with Crippen LogP contribution in [-0.4, -0.2) is 63.9 Å². The second-order valence-electron chi connectivity index (χ2n) is 9.15. The highest BCUT2D eigenvalue weighted by Crippen LogP contribution is 2.32. The summed E-state index contributed by atoms with van der Waals surface area (Å²) in [6, 6.07) is 22.8. The number of anilines is 4. The fourth-order valence-electron chi connectivity index (χ4n) is 4.57. The number of ether oxygens (including phenoxy) is 2. The molecule has 0 atom stereocenters. The summed E-state index contributed by atoms with van der Waals surface area (Å²) in [5.74, 6) is 1.03. The molecule has 6 rings (SSSR count). The van der Waals surface area contributed by atoms with Gasteiger partial charge in [0.1, 0.15) is 12.1 Å². The molecule has 1 amide bonds. The van der Waals surface area contributed by atoms with Gasteiger partial charge in [0, 0.05) is 30.4 Å². The molecule has 202 valence electrons. The molecule has 40 heavy (non-hydrogen) atoms. The van der Waals surface area contributed by atoms with E-state index >= 15 is 0 Å². The second kappa shape index (κ2) is 11.3. The van der Waals surface area contributed by atoms with Crippen LogP contribution in [0.3, 0.4) is 0 Å². The number of nitrogens with zero attached hydrogens (tertiary/aromatic N) is 6. The maximum Gasteiger partial charge on any atom is 0.255 e. The molecule has 0 bridgehead atoms. The van der Waals surface area contributed by atoms with Crippen molar-refractivity contribution in [3.05, 3.63) is 97.1 Å². The Hall–Kier alpha value is -5.16. The number of hydrogen-bond donors (Lipinski definition) is 2. The third kappa shape index (κ3) is 5.36. The molecule has 1 aliphatic heterocycles. The summed E-state index contributed by atoms with van der Waals surface area (Å²) in [6.07, 6.45) is 5.17. The lowest BCUT2D eigenvalue weighted by Crippen LogP contribution is -2.36. The number of benzene rings is 3. The lowest BCUT2D eigenvalue weighted by Gasteiger charge is -2.30. The van der Waals surface area contributed by atoms with Crippen LogP contribution in [0.4, 0.5) is 23.0 Å². The first kappa shape index (κ1) is 25.1. The van der Waals surface area contributed by atoms with Gasteiger partial charge in [-0.05, 0) is 42.5 Å². The normalized spacial score (nSPS) is 13.2. The van der Waals surface area contributed by atoms with Crippen LogP contribution in [0.1, 0.15) is 10.4 Å². The van der Waals surface area contributed by atoms with Crippen LogP contribution in [0.15, 0.2) is 91.5 Å². The first-order chi connectivity index (χ1) is 19.7. The zero-order valence-electron chi connectivity index (χ0n) is 21.9. The lowest BCUT2D eigenvalue weighted by molar-refractivity contribution is 0.102. The first-order valence-corrected chi connectivity index (χ1v) is 12.9. The number of rotatable bonds is 8. The summed E-state index contributed by atoms with van der Waals surface area (Å²) >= 11 is 0. The van der Waals surface area contributed by atoms with E-state index in [2.05, 4.69) is 30.8 Å². The number of hydrogen-bond acceptors (Lipinski definition) is 8. The average molecular weight is 537 g/mol. The molecular formula is C29H28N8O3. The quantitative estimate of drug-likeness (QED) is 0.302. The molecule has 2 aromatic heterocycles. The van der Waals surface area contributed by atoms with Crippen molar-refractivity contribution >= 4 is 28.9 Å². The highest BCUT2D eigenvalue weighted by Gasteiger charge is 2.17. The molecule has 0 radical (unpaired) electrons. The predicted octanol–water partition coefficient (Wildman–Crippen LogP) is 4.29. The minimum atomic E-state index is -0.232. The largest absolute Gasteiger partial charge is 0.495 e. The molecule has 1 saturated heterocycles. The summed E-state index contributed by atoms with van der Waals surface area (Å²) in [5, 5.41) is 18.9. The first-order valence-electron chi connectivity index (χ1n) is 12.9. The summed E-state index contributed by atoms with van der Waals surface area (Å²) in [7, 11) is 1.63. The molecule has 2 N–H and O–H groups in total. The van der Waals surface area contributed by atoms with Gasteiger partial charge in [0.15, 0.2) is 0 Å². The maximum atomic E-state index is 13.1. The van der Waals surface area contributed by atoms with E-state index in [1.54, 1.807) is 36.4 Å². The zero-order valence-corrected chi connectivity index (χ0v) is 21.9. The number of aromatic nitrogens is 5. The Balaban J connectivity index is 1.16. The summed E-state index contributed by atoms with van der Waals surface area (Å²) in [4.78, 5) is 15.4. The predicted molar refractivity (Wildman–Crippen MR) is 152 cm³/mol. The number of carbonyl (C=O) groups is 1. The third-order valence-corrected chi connectivity index (χ3v) is 6.58. The van der Waals surface area contributed by atoms with E-state index in [0.29, 0.717) is 36.2 Å². The Kier molecular flexibility index (Phi) is 7.10. The molecule has 0 spiro atoms. The standard InChI is InChI=1S/C29H28N8O3/c1-39-27-17-22(10-11-26(27)35-12-14-40-15-13-35)32-28(38)21-6-5-9-25(16-21)37-19-23(18-31-37)33-29-34-30-20-36(29)24-7-3-2-4-8-24/h2-11,16-20H,12-15H2,1H3,(H,32,38)(H,33,34). The Labute approximate surface area is 231 Å². The Morgan fingerprint density at radius 3 is 2.60 bits per heavy atom. The van der Waals surface area contributed by atoms with Crippen LogP contribution in [0.2, 0.25) is 0 Å². The molecule has 11 nitrogen and oxygen atoms in total. The summed E-state index contributed by atoms with van der Waals surface area (Å²) in [5.41, 5.74) is 4.54. The van der Waals surface area contributed by atoms with Crippen molar-refractivity contribution in [1.82, 2.24) is 24.5 Å². The van der Waals surface area contributed by atoms with Crippen LogP contribution in [0.5, 0.6) is 5.75 Å². The van der Waals surface area contributed by atoms with Crippen LogP contribution < -0.4 is 20.3 Å². The number of carbonyl (C=O) groups excluding carboxylic acids is 1. The van der Waals surface area contributed by atoms with Gasteiger partial charge in [0.25, 0.3) is 5.91 Å². The van der Waals surface area contributed by atoms with Gasteiger partial charge >= 0.3 is 0 Å². The molecule has 5 aromatic rings. The Morgan fingerprint density at radius 2 is 1.77 bits per heavy atom. The Bertz CT molecular complexity index is 1610. The SMILES string of the molecule is COc1cc(NC(=O)c2cccc(-n3cc(Nc4nncn4-c4ccccc4)cn3)c2)ccc1N1CCOCC1. The average Bonchev–Trinajstić information content (AvgIpc) is 3.68. The monoisotopic (exact) mass is 536 g/mol. The second-order valence-corrected chi connectivity index (χ2v) is 9.15. The van der Waals surface area contributed by atoms with E-state index in [1.807, 2.05) is 71.4 Å². The van der Waals surface area contributed by atoms with Crippen molar-refractivity contribution in [1.29, 1.82) is 0 Å². The van der Waals surface area contributed by atoms with Gasteiger partial charge < -0.3 is 25.0 Å². The van der Waals surface area contributed by atoms with Gasteiger partial charge in [-0.1, -0.05) is 24.3 Å². The molecule has 3 heterocycles. The third-order valence-electron chi connectivity index (χ3n) is 6.58. The van der Waals surface area contributed by atoms with Gasteiger partial charge in [-0.3, -0.25) is 9.36 Å². The molecule has 0 saturated carbocycles. The molecule has 0 aliphatic carbocycles. The zero-order chi connectivity index (χ0) is 27.3. The molecule has 1 aliphatic rings. The van der Waals surface area contributed by atoms with Crippen molar-refractivity contribution in [3.8, 4) is 17.1 Å². The van der Waals surface area contributed by atoms with Crippen molar-refractivity contribution in [3.63, 3.8) is 0 Å². The van der Waals surface area contributed by atoms with E-state index in [1.165, 1.54) is 0 Å². The number of morpholine rings is 1. The molecular weight excluding hydrogens is 508 g/mol. The number of amides is 1. The highest BCUT2D eigenvalue weighted by molar-refractivity contribution is 6.04. The minimum absolute atomic E-state index is 0.232. The van der Waals surface area contributed by atoms with E-state index in [4.69, 9.17) is 9.47 Å². The Morgan fingerprint density at radius 1 is 0.950 bits per heavy atom. The van der Waals surface area contributed by atoms with Crippen molar-refractivity contribution in [2.75, 3.05) is 48.9 Å². The van der Waals surface area contributed by atoms with Gasteiger partial charge in [0.2, 0.25) is 5.95 Å². The minimum Gasteiger partial charge on any atom is -0.495 e. The molecule has 3 aromatic carbocycles. The van der Waals surface area contributed by atoms with Gasteiger partial charge in [-0.15, -0.1) is 10.2 Å². The topological polar surface area (TPSA) is 111 Å². The van der Waals surface area contributed by atoms with E-state index < -0.39 is 0 Å². The van der Waals surface area contributed by atoms with Gasteiger partial charge in [0.05, 0.1) is 55.5 Å². The number of methoxy groups -OCH3 is 1. The maximum absolute atomic E-state index is 13.1. The number of nitrogens with one attached hydrogen (secondary N) is 2. The van der Waals surface area contributed by atoms with Crippen molar-refractivity contribution in [2.24, 2.45) is 0 Å². The smallest absolute Gasteiger partial charge is 0.255 e. The molecule has 0 unspecified atom stereocenters. The fourth-order valence-corrected chi connectivity index (χ4v) is 4.57. The summed E-state index contributed by atoms with van der Waals surface area (Å²) in [6.45, 7) is 2.96. The van der Waals surface area contributed by atoms with E-state index in [0.717, 1.165) is 35.8 Å². The van der Waals surface area contributed by atoms with Gasteiger partial charge in [-0.2, -0.15) is 5.10 Å². The van der Waals surface area contributed by atoms with Crippen LogP contribution in [0, 0.1) is 0 Å². The van der Waals surface area contributed by atoms with E-state index in [9.17, 15) is 4.79 Å². The number of para-hydroxylation sites is 1. The van der Waals surface area contributed by atoms with Gasteiger partial charge in [-0.25, -0.2) is 4.68 Å². The lowest BCUT2D eigenvalue weighted by atomic mass is 10.1.